The van der Waals surface area contributed by atoms with Crippen LogP contribution in [0, 0.1) is 0 Å². The highest BCUT2D eigenvalue weighted by molar-refractivity contribution is 4.56. The Morgan fingerprint density at radius 2 is 0.769 bits per heavy atom. The maximum atomic E-state index is 2.35. The molecule has 1 heteroatoms. The lowest BCUT2D eigenvalue weighted by molar-refractivity contribution is -0.896. The maximum Gasteiger partial charge on any atom is 0.0881 e. The van der Waals surface area contributed by atoms with Crippen LogP contribution in [-0.2, 0) is 0 Å². The molecule has 0 fully saturated rings. The van der Waals surface area contributed by atoms with Gasteiger partial charge in [-0.15, -0.1) is 0 Å². The minimum Gasteiger partial charge on any atom is -0.328 e. The molecule has 0 aromatic carbocycles. The molecule has 26 heavy (non-hydrogen) atoms. The molecule has 0 aliphatic rings. The van der Waals surface area contributed by atoms with E-state index in [-0.39, 0.29) is 0 Å². The SMILES string of the molecule is CCCCCCCCCCCCCCCCCCCC(CC)[N+](C)(C)C. The molecule has 0 aromatic rings. The van der Waals surface area contributed by atoms with Gasteiger partial charge in [0.15, 0.2) is 0 Å². The van der Waals surface area contributed by atoms with Gasteiger partial charge in [0.2, 0.25) is 0 Å². The zero-order valence-corrected chi connectivity index (χ0v) is 19.5. The average Bonchev–Trinajstić information content (AvgIpc) is 2.59. The van der Waals surface area contributed by atoms with Crippen LogP contribution in [0.5, 0.6) is 0 Å². The summed E-state index contributed by atoms with van der Waals surface area (Å²) in [6.07, 6.45) is 27.6. The van der Waals surface area contributed by atoms with E-state index in [1.807, 2.05) is 0 Å². The summed E-state index contributed by atoms with van der Waals surface area (Å²) in [6.45, 7) is 4.65. The van der Waals surface area contributed by atoms with Gasteiger partial charge in [0.05, 0.1) is 27.2 Å². The molecule has 1 unspecified atom stereocenters. The van der Waals surface area contributed by atoms with Crippen molar-refractivity contribution in [1.29, 1.82) is 0 Å². The van der Waals surface area contributed by atoms with Crippen molar-refractivity contribution in [3.63, 3.8) is 0 Å². The van der Waals surface area contributed by atoms with E-state index in [9.17, 15) is 0 Å². The summed E-state index contributed by atoms with van der Waals surface area (Å²) in [7, 11) is 7.05. The van der Waals surface area contributed by atoms with Crippen molar-refractivity contribution in [2.24, 2.45) is 0 Å². The number of rotatable bonds is 20. The molecule has 0 saturated heterocycles. The minimum absolute atomic E-state index is 0.853. The minimum atomic E-state index is 0.853. The molecule has 0 amide bonds. The Labute approximate surface area is 167 Å². The van der Waals surface area contributed by atoms with E-state index in [1.54, 1.807) is 0 Å². The largest absolute Gasteiger partial charge is 0.328 e. The van der Waals surface area contributed by atoms with Crippen LogP contribution in [0.25, 0.3) is 0 Å². The van der Waals surface area contributed by atoms with E-state index in [1.165, 1.54) is 122 Å². The van der Waals surface area contributed by atoms with Gasteiger partial charge in [-0.1, -0.05) is 117 Å². The van der Waals surface area contributed by atoms with E-state index in [0.29, 0.717) is 0 Å². The standard InChI is InChI=1S/C25H54N/c1-6-8-9-10-11-12-13-14-15-16-17-18-19-20-21-22-23-24-25(7-2)26(3,4)5/h25H,6-24H2,1-5H3/q+1. The first kappa shape index (κ1) is 26.0. The maximum absolute atomic E-state index is 2.35. The Bertz CT molecular complexity index is 266. The molecule has 0 N–H and O–H groups in total. The normalized spacial score (nSPS) is 13.3. The fourth-order valence-corrected chi connectivity index (χ4v) is 4.24. The van der Waals surface area contributed by atoms with Gasteiger partial charge in [-0.05, 0) is 19.3 Å². The second-order valence-corrected chi connectivity index (χ2v) is 9.62. The topological polar surface area (TPSA) is 0 Å². The Morgan fingerprint density at radius 3 is 1.04 bits per heavy atom. The molecule has 0 radical (unpaired) electrons. The van der Waals surface area contributed by atoms with Gasteiger partial charge in [0.25, 0.3) is 0 Å². The van der Waals surface area contributed by atoms with Gasteiger partial charge in [-0.3, -0.25) is 0 Å². The zero-order chi connectivity index (χ0) is 19.5. The van der Waals surface area contributed by atoms with Gasteiger partial charge in [0, 0.05) is 0 Å². The van der Waals surface area contributed by atoms with E-state index >= 15 is 0 Å². The summed E-state index contributed by atoms with van der Waals surface area (Å²) in [5.41, 5.74) is 0. The molecular formula is C25H54N+. The first-order valence-corrected chi connectivity index (χ1v) is 12.3. The summed E-state index contributed by atoms with van der Waals surface area (Å²) < 4.78 is 1.13. The molecular weight excluding hydrogens is 314 g/mol. The Balaban J connectivity index is 3.18. The fraction of sp³-hybridized carbons (Fsp3) is 1.00. The quantitative estimate of drug-likeness (QED) is 0.149. The lowest BCUT2D eigenvalue weighted by Crippen LogP contribution is -2.44. The molecule has 0 saturated carbocycles. The average molecular weight is 369 g/mol. The second kappa shape index (κ2) is 18.3. The fourth-order valence-electron chi connectivity index (χ4n) is 4.24. The van der Waals surface area contributed by atoms with Crippen molar-refractivity contribution in [3.05, 3.63) is 0 Å². The molecule has 0 heterocycles. The van der Waals surface area contributed by atoms with Crippen molar-refractivity contribution in [2.75, 3.05) is 21.1 Å². The van der Waals surface area contributed by atoms with Gasteiger partial charge >= 0.3 is 0 Å². The summed E-state index contributed by atoms with van der Waals surface area (Å²) in [5.74, 6) is 0. The van der Waals surface area contributed by atoms with Crippen molar-refractivity contribution < 1.29 is 4.48 Å². The van der Waals surface area contributed by atoms with Gasteiger partial charge in [0.1, 0.15) is 0 Å². The zero-order valence-electron chi connectivity index (χ0n) is 19.5. The van der Waals surface area contributed by atoms with E-state index in [0.717, 1.165) is 10.5 Å². The van der Waals surface area contributed by atoms with Gasteiger partial charge in [-0.25, -0.2) is 0 Å². The third kappa shape index (κ3) is 17.4. The Morgan fingerprint density at radius 1 is 0.462 bits per heavy atom. The van der Waals surface area contributed by atoms with Crippen LogP contribution in [0.4, 0.5) is 0 Å². The Kier molecular flexibility index (Phi) is 18.3. The molecule has 1 atom stereocenters. The highest BCUT2D eigenvalue weighted by Crippen LogP contribution is 2.17. The van der Waals surface area contributed by atoms with E-state index in [2.05, 4.69) is 35.0 Å². The molecule has 0 bridgehead atoms. The highest BCUT2D eigenvalue weighted by Gasteiger charge is 2.20. The number of nitrogens with zero attached hydrogens (tertiary/aromatic N) is 1. The van der Waals surface area contributed by atoms with E-state index < -0.39 is 0 Å². The van der Waals surface area contributed by atoms with Gasteiger partial charge < -0.3 is 4.48 Å². The molecule has 1 nitrogen and oxygen atoms in total. The molecule has 0 aliphatic heterocycles. The van der Waals surface area contributed by atoms with Crippen LogP contribution in [0.3, 0.4) is 0 Å². The molecule has 0 aromatic heterocycles. The number of hydrogen-bond donors (Lipinski definition) is 0. The van der Waals surface area contributed by atoms with Gasteiger partial charge in [-0.2, -0.15) is 0 Å². The predicted molar refractivity (Wildman–Crippen MR) is 121 cm³/mol. The summed E-state index contributed by atoms with van der Waals surface area (Å²) in [6, 6.07) is 0.853. The molecule has 0 aliphatic carbocycles. The summed E-state index contributed by atoms with van der Waals surface area (Å²) in [5, 5.41) is 0. The van der Waals surface area contributed by atoms with Crippen molar-refractivity contribution in [2.45, 2.75) is 142 Å². The number of hydrogen-bond acceptors (Lipinski definition) is 0. The summed E-state index contributed by atoms with van der Waals surface area (Å²) >= 11 is 0. The van der Waals surface area contributed by atoms with Crippen LogP contribution in [-0.4, -0.2) is 31.7 Å². The Hall–Kier alpha value is -0.0400. The predicted octanol–water partition coefficient (Wildman–Crippen LogP) is 8.51. The molecule has 158 valence electrons. The van der Waals surface area contributed by atoms with Crippen molar-refractivity contribution in [1.82, 2.24) is 0 Å². The van der Waals surface area contributed by atoms with E-state index in [4.69, 9.17) is 0 Å². The highest BCUT2D eigenvalue weighted by atomic mass is 15.3. The first-order valence-electron chi connectivity index (χ1n) is 12.3. The summed E-state index contributed by atoms with van der Waals surface area (Å²) in [4.78, 5) is 0. The number of unbranched alkanes of at least 4 members (excludes halogenated alkanes) is 16. The third-order valence-corrected chi connectivity index (χ3v) is 6.21. The van der Waals surface area contributed by atoms with Crippen molar-refractivity contribution >= 4 is 0 Å². The van der Waals surface area contributed by atoms with Crippen LogP contribution in [0.15, 0.2) is 0 Å². The lowest BCUT2D eigenvalue weighted by Gasteiger charge is -2.33. The van der Waals surface area contributed by atoms with Crippen LogP contribution in [0.1, 0.15) is 136 Å². The van der Waals surface area contributed by atoms with Crippen LogP contribution < -0.4 is 0 Å². The number of quaternary nitrogens is 1. The molecule has 0 rings (SSSR count). The van der Waals surface area contributed by atoms with Crippen LogP contribution in [0.2, 0.25) is 0 Å². The lowest BCUT2D eigenvalue weighted by atomic mass is 10.0. The van der Waals surface area contributed by atoms with Crippen LogP contribution >= 0.6 is 0 Å². The second-order valence-electron chi connectivity index (χ2n) is 9.62. The monoisotopic (exact) mass is 368 g/mol. The third-order valence-electron chi connectivity index (χ3n) is 6.21. The first-order chi connectivity index (χ1) is 12.5. The van der Waals surface area contributed by atoms with Crippen molar-refractivity contribution in [3.8, 4) is 0 Å². The smallest absolute Gasteiger partial charge is 0.0881 e. The molecule has 0 spiro atoms.